The lowest BCUT2D eigenvalue weighted by Gasteiger charge is -2.32. The third-order valence-electron chi connectivity index (χ3n) is 4.15. The summed E-state index contributed by atoms with van der Waals surface area (Å²) in [4.78, 5) is 3.58. The predicted octanol–water partition coefficient (Wildman–Crippen LogP) is 2.47. The van der Waals surface area contributed by atoms with Gasteiger partial charge in [-0.25, -0.2) is 17.7 Å². The van der Waals surface area contributed by atoms with E-state index < -0.39 is 21.9 Å². The van der Waals surface area contributed by atoms with Crippen LogP contribution in [0.4, 0.5) is 19.0 Å². The Morgan fingerprint density at radius 1 is 1.13 bits per heavy atom. The Morgan fingerprint density at radius 2 is 1.78 bits per heavy atom. The normalized spacial score (nSPS) is 21.3. The van der Waals surface area contributed by atoms with Crippen molar-refractivity contribution in [3.8, 4) is 0 Å². The van der Waals surface area contributed by atoms with Crippen LogP contribution in [0.1, 0.15) is 31.4 Å². The van der Waals surface area contributed by atoms with Gasteiger partial charge in [0.25, 0.3) is 0 Å². The number of nitrogens with one attached hydrogen (secondary N) is 1. The molecule has 2 heterocycles. The summed E-state index contributed by atoms with van der Waals surface area (Å²) in [5.74, 6) is 0.170. The Hall–Kier alpha value is -1.35. The average Bonchev–Trinajstić information content (AvgIpc) is 3.32. The largest absolute Gasteiger partial charge is 0.433 e. The lowest BCUT2D eigenvalue weighted by molar-refractivity contribution is -0.141. The standard InChI is InChI=1S/C14H18F3N3O2S/c15-14(16,17)12-2-1-3-13(19-12)18-10-6-8-20(9-7-10)23(21,22)11-4-5-11/h1-3,10-11H,4-9H2,(H,18,19). The summed E-state index contributed by atoms with van der Waals surface area (Å²) < 4.78 is 63.7. The van der Waals surface area contributed by atoms with Gasteiger partial charge in [-0.05, 0) is 37.8 Å². The first-order valence-corrected chi connectivity index (χ1v) is 9.07. The van der Waals surface area contributed by atoms with Crippen LogP contribution in [0.5, 0.6) is 0 Å². The summed E-state index contributed by atoms with van der Waals surface area (Å²) in [6.45, 7) is 0.797. The van der Waals surface area contributed by atoms with Crippen LogP contribution in [0.15, 0.2) is 18.2 Å². The van der Waals surface area contributed by atoms with Crippen LogP contribution in [0.2, 0.25) is 0 Å². The van der Waals surface area contributed by atoms with Crippen LogP contribution < -0.4 is 5.32 Å². The molecule has 1 aromatic heterocycles. The van der Waals surface area contributed by atoms with Crippen molar-refractivity contribution in [2.75, 3.05) is 18.4 Å². The number of nitrogens with zero attached hydrogens (tertiary/aromatic N) is 2. The first kappa shape index (κ1) is 16.5. The highest BCUT2D eigenvalue weighted by Gasteiger charge is 2.41. The minimum Gasteiger partial charge on any atom is -0.367 e. The molecule has 0 unspecified atom stereocenters. The van der Waals surface area contributed by atoms with Crippen molar-refractivity contribution in [2.24, 2.45) is 0 Å². The Labute approximate surface area is 132 Å². The molecule has 0 spiro atoms. The fraction of sp³-hybridized carbons (Fsp3) is 0.643. The third kappa shape index (κ3) is 3.77. The van der Waals surface area contributed by atoms with E-state index in [2.05, 4.69) is 10.3 Å². The van der Waals surface area contributed by atoms with E-state index in [9.17, 15) is 21.6 Å². The number of hydrogen-bond donors (Lipinski definition) is 1. The number of hydrogen-bond acceptors (Lipinski definition) is 4. The molecule has 3 rings (SSSR count). The minimum atomic E-state index is -4.47. The second kappa shape index (κ2) is 5.94. The lowest BCUT2D eigenvalue weighted by atomic mass is 10.1. The molecule has 0 bridgehead atoms. The molecule has 2 aliphatic rings. The molecule has 1 aromatic rings. The maximum absolute atomic E-state index is 12.6. The Bertz CT molecular complexity index is 666. The second-order valence-corrected chi connectivity index (χ2v) is 8.18. The first-order valence-electron chi connectivity index (χ1n) is 7.56. The van der Waals surface area contributed by atoms with Crippen LogP contribution in [0, 0.1) is 0 Å². The number of piperidine rings is 1. The highest BCUT2D eigenvalue weighted by Crippen LogP contribution is 2.33. The van der Waals surface area contributed by atoms with Gasteiger partial charge in [0.2, 0.25) is 10.0 Å². The number of pyridine rings is 1. The van der Waals surface area contributed by atoms with Crippen molar-refractivity contribution in [1.29, 1.82) is 0 Å². The topological polar surface area (TPSA) is 62.3 Å². The van der Waals surface area contributed by atoms with Crippen molar-refractivity contribution in [1.82, 2.24) is 9.29 Å². The van der Waals surface area contributed by atoms with Crippen molar-refractivity contribution in [2.45, 2.75) is 43.2 Å². The van der Waals surface area contributed by atoms with Gasteiger partial charge in [-0.3, -0.25) is 0 Å². The molecule has 1 aliphatic heterocycles. The maximum Gasteiger partial charge on any atom is 0.433 e. The number of aromatic nitrogens is 1. The minimum absolute atomic E-state index is 0.0726. The fourth-order valence-corrected chi connectivity index (χ4v) is 4.59. The van der Waals surface area contributed by atoms with Gasteiger partial charge >= 0.3 is 6.18 Å². The van der Waals surface area contributed by atoms with Gasteiger partial charge in [-0.2, -0.15) is 13.2 Å². The Balaban J connectivity index is 1.59. The van der Waals surface area contributed by atoms with E-state index in [-0.39, 0.29) is 17.1 Å². The van der Waals surface area contributed by atoms with Crippen LogP contribution in [0.25, 0.3) is 0 Å². The quantitative estimate of drug-likeness (QED) is 0.907. The van der Waals surface area contributed by atoms with Crippen LogP contribution in [-0.4, -0.2) is 42.1 Å². The summed E-state index contributed by atoms with van der Waals surface area (Å²) in [6, 6.07) is 3.65. The van der Waals surface area contributed by atoms with E-state index in [0.29, 0.717) is 25.9 Å². The van der Waals surface area contributed by atoms with Gasteiger partial charge in [-0.15, -0.1) is 0 Å². The SMILES string of the molecule is O=S(=O)(C1CC1)N1CCC(Nc2cccc(C(F)(F)F)n2)CC1. The third-order valence-corrected chi connectivity index (χ3v) is 6.55. The zero-order valence-electron chi connectivity index (χ0n) is 12.4. The number of anilines is 1. The van der Waals surface area contributed by atoms with E-state index >= 15 is 0 Å². The molecule has 0 radical (unpaired) electrons. The fourth-order valence-electron chi connectivity index (χ4n) is 2.71. The Morgan fingerprint density at radius 3 is 2.35 bits per heavy atom. The van der Waals surface area contributed by atoms with E-state index in [0.717, 1.165) is 18.9 Å². The van der Waals surface area contributed by atoms with Crippen molar-refractivity contribution >= 4 is 15.8 Å². The van der Waals surface area contributed by atoms with Crippen LogP contribution >= 0.6 is 0 Å². The maximum atomic E-state index is 12.6. The van der Waals surface area contributed by atoms with Crippen molar-refractivity contribution < 1.29 is 21.6 Å². The van der Waals surface area contributed by atoms with E-state index in [1.165, 1.54) is 16.4 Å². The molecular weight excluding hydrogens is 331 g/mol. The molecule has 5 nitrogen and oxygen atoms in total. The van der Waals surface area contributed by atoms with Gasteiger partial charge < -0.3 is 5.32 Å². The van der Waals surface area contributed by atoms with E-state index in [1.807, 2.05) is 0 Å². The Kier molecular flexibility index (Phi) is 4.26. The molecule has 9 heteroatoms. The molecule has 1 aliphatic carbocycles. The zero-order valence-corrected chi connectivity index (χ0v) is 13.2. The summed E-state index contributed by atoms with van der Waals surface area (Å²) >= 11 is 0. The molecule has 1 saturated carbocycles. The number of alkyl halides is 3. The molecule has 1 saturated heterocycles. The number of rotatable bonds is 4. The molecule has 1 N–H and O–H groups in total. The number of sulfonamides is 1. The van der Waals surface area contributed by atoms with Crippen molar-refractivity contribution in [3.05, 3.63) is 23.9 Å². The summed E-state index contributed by atoms with van der Waals surface area (Å²) in [6.07, 6.45) is -1.89. The predicted molar refractivity (Wildman–Crippen MR) is 79.4 cm³/mol. The highest BCUT2D eigenvalue weighted by molar-refractivity contribution is 7.90. The van der Waals surface area contributed by atoms with E-state index in [1.54, 1.807) is 0 Å². The first-order chi connectivity index (χ1) is 10.8. The summed E-state index contributed by atoms with van der Waals surface area (Å²) in [5.41, 5.74) is -0.934. The number of halogens is 3. The molecular formula is C14H18F3N3O2S. The van der Waals surface area contributed by atoms with Gasteiger partial charge in [0.1, 0.15) is 11.5 Å². The molecule has 128 valence electrons. The smallest absolute Gasteiger partial charge is 0.367 e. The average molecular weight is 349 g/mol. The molecule has 2 fully saturated rings. The summed E-state index contributed by atoms with van der Waals surface area (Å²) in [7, 11) is -3.17. The molecule has 23 heavy (non-hydrogen) atoms. The zero-order chi connectivity index (χ0) is 16.7. The van der Waals surface area contributed by atoms with Crippen LogP contribution in [-0.2, 0) is 16.2 Å². The monoisotopic (exact) mass is 349 g/mol. The molecule has 0 aromatic carbocycles. The summed E-state index contributed by atoms with van der Waals surface area (Å²) in [5, 5.41) is 2.75. The van der Waals surface area contributed by atoms with Crippen molar-refractivity contribution in [3.63, 3.8) is 0 Å². The van der Waals surface area contributed by atoms with Gasteiger partial charge in [0, 0.05) is 19.1 Å². The van der Waals surface area contributed by atoms with Gasteiger partial charge in [-0.1, -0.05) is 6.07 Å². The highest BCUT2D eigenvalue weighted by atomic mass is 32.2. The lowest BCUT2D eigenvalue weighted by Crippen LogP contribution is -2.43. The second-order valence-electron chi connectivity index (χ2n) is 5.97. The van der Waals surface area contributed by atoms with E-state index in [4.69, 9.17) is 0 Å². The molecule has 0 atom stereocenters. The molecule has 0 amide bonds. The van der Waals surface area contributed by atoms with Crippen LogP contribution in [0.3, 0.4) is 0 Å². The van der Waals surface area contributed by atoms with Gasteiger partial charge in [0.05, 0.1) is 5.25 Å². The van der Waals surface area contributed by atoms with Gasteiger partial charge in [0.15, 0.2) is 0 Å².